The highest BCUT2D eigenvalue weighted by atomic mass is 79.9. The summed E-state index contributed by atoms with van der Waals surface area (Å²) in [5.41, 5.74) is 2.64. The van der Waals surface area contributed by atoms with E-state index < -0.39 is 0 Å². The Kier molecular flexibility index (Phi) is 5.81. The van der Waals surface area contributed by atoms with Crippen molar-refractivity contribution in [2.45, 2.75) is 19.9 Å². The van der Waals surface area contributed by atoms with E-state index in [1.807, 2.05) is 42.1 Å². The van der Waals surface area contributed by atoms with E-state index >= 15 is 0 Å². The van der Waals surface area contributed by atoms with Gasteiger partial charge in [0, 0.05) is 31.7 Å². The number of anilines is 1. The molecule has 0 fully saturated rings. The lowest BCUT2D eigenvalue weighted by Gasteiger charge is -2.14. The van der Waals surface area contributed by atoms with Gasteiger partial charge in [-0.3, -0.25) is 4.68 Å². The zero-order valence-corrected chi connectivity index (χ0v) is 15.9. The first-order chi connectivity index (χ1) is 12.7. The number of allylic oxidation sites excluding steroid dienone is 4. The van der Waals surface area contributed by atoms with Gasteiger partial charge in [-0.05, 0) is 53.1 Å². The topological polar surface area (TPSA) is 91.5 Å². The summed E-state index contributed by atoms with van der Waals surface area (Å²) in [6, 6.07) is 4.15. The molecule has 0 amide bonds. The highest BCUT2D eigenvalue weighted by molar-refractivity contribution is 9.11. The summed E-state index contributed by atoms with van der Waals surface area (Å²) in [6.45, 7) is 3.43. The summed E-state index contributed by atoms with van der Waals surface area (Å²) in [5, 5.41) is 20.2. The Bertz CT molecular complexity index is 904. The number of halogens is 1. The second kappa shape index (κ2) is 8.45. The van der Waals surface area contributed by atoms with Gasteiger partial charge in [0.05, 0.1) is 16.0 Å². The van der Waals surface area contributed by atoms with Crippen molar-refractivity contribution in [2.24, 2.45) is 0 Å². The molecule has 0 spiro atoms. The molecule has 1 aliphatic rings. The van der Waals surface area contributed by atoms with E-state index in [9.17, 15) is 5.26 Å². The maximum Gasteiger partial charge on any atom is 0.223 e. The van der Waals surface area contributed by atoms with Gasteiger partial charge >= 0.3 is 0 Å². The molecular formula is C18H18BrN7. The molecular weight excluding hydrogens is 394 g/mol. The predicted octanol–water partition coefficient (Wildman–Crippen LogP) is 3.11. The predicted molar refractivity (Wildman–Crippen MR) is 104 cm³/mol. The van der Waals surface area contributed by atoms with Gasteiger partial charge in [0.15, 0.2) is 0 Å². The molecule has 0 bridgehead atoms. The Morgan fingerprint density at radius 1 is 1.46 bits per heavy atom. The van der Waals surface area contributed by atoms with Crippen molar-refractivity contribution in [1.29, 1.82) is 5.26 Å². The minimum absolute atomic E-state index is 0.478. The summed E-state index contributed by atoms with van der Waals surface area (Å²) in [4.78, 5) is 8.86. The van der Waals surface area contributed by atoms with Crippen molar-refractivity contribution in [3.05, 3.63) is 64.4 Å². The first-order valence-corrected chi connectivity index (χ1v) is 8.97. The summed E-state index contributed by atoms with van der Waals surface area (Å²) >= 11 is 3.39. The number of nitrogens with one attached hydrogen (secondary N) is 2. The van der Waals surface area contributed by atoms with Crippen LogP contribution in [0, 0.1) is 18.3 Å². The van der Waals surface area contributed by atoms with Crippen molar-refractivity contribution in [3.63, 3.8) is 0 Å². The average molecular weight is 412 g/mol. The monoisotopic (exact) mass is 411 g/mol. The molecule has 0 saturated heterocycles. The number of hydrogen-bond donors (Lipinski definition) is 2. The largest absolute Gasteiger partial charge is 0.354 e. The molecule has 0 aliphatic carbocycles. The van der Waals surface area contributed by atoms with Gasteiger partial charge < -0.3 is 10.6 Å². The number of hydrogen-bond acceptors (Lipinski definition) is 6. The molecule has 7 nitrogen and oxygen atoms in total. The zero-order valence-electron chi connectivity index (χ0n) is 14.3. The fraction of sp³-hybridized carbons (Fsp3) is 0.222. The van der Waals surface area contributed by atoms with Gasteiger partial charge in [0.2, 0.25) is 5.95 Å². The molecule has 0 radical (unpaired) electrons. The van der Waals surface area contributed by atoms with E-state index in [-0.39, 0.29) is 0 Å². The van der Waals surface area contributed by atoms with Crippen LogP contribution in [0.25, 0.3) is 5.57 Å². The lowest BCUT2D eigenvalue weighted by atomic mass is 10.1. The van der Waals surface area contributed by atoms with E-state index in [0.717, 1.165) is 23.1 Å². The van der Waals surface area contributed by atoms with Crippen LogP contribution in [-0.2, 0) is 6.54 Å². The fourth-order valence-corrected chi connectivity index (χ4v) is 2.85. The van der Waals surface area contributed by atoms with Crippen molar-refractivity contribution in [3.8, 4) is 6.07 Å². The highest BCUT2D eigenvalue weighted by Crippen LogP contribution is 2.23. The first kappa shape index (κ1) is 17.9. The number of aryl methyl sites for hydroxylation is 2. The quantitative estimate of drug-likeness (QED) is 0.431. The van der Waals surface area contributed by atoms with Crippen LogP contribution >= 0.6 is 15.9 Å². The average Bonchev–Trinajstić information content (AvgIpc) is 3.15. The van der Waals surface area contributed by atoms with E-state index in [4.69, 9.17) is 0 Å². The fourth-order valence-electron chi connectivity index (χ4n) is 2.48. The molecule has 0 saturated carbocycles. The maximum atomic E-state index is 9.65. The van der Waals surface area contributed by atoms with Gasteiger partial charge in [0.25, 0.3) is 0 Å². The number of nitriles is 1. The summed E-state index contributed by atoms with van der Waals surface area (Å²) in [7, 11) is 0. The van der Waals surface area contributed by atoms with Gasteiger partial charge in [-0.15, -0.1) is 0 Å². The normalized spacial score (nSPS) is 15.0. The molecule has 2 aromatic heterocycles. The molecule has 3 heterocycles. The second-order valence-corrected chi connectivity index (χ2v) is 6.53. The Labute approximate surface area is 160 Å². The van der Waals surface area contributed by atoms with Crippen LogP contribution in [0.5, 0.6) is 0 Å². The van der Waals surface area contributed by atoms with Crippen molar-refractivity contribution < 1.29 is 0 Å². The molecule has 132 valence electrons. The molecule has 2 aromatic rings. The summed E-state index contributed by atoms with van der Waals surface area (Å²) < 4.78 is 2.68. The molecule has 0 aromatic carbocycles. The number of rotatable bonds is 6. The van der Waals surface area contributed by atoms with Gasteiger partial charge in [0.1, 0.15) is 11.6 Å². The van der Waals surface area contributed by atoms with Crippen molar-refractivity contribution in [2.75, 3.05) is 11.9 Å². The first-order valence-electron chi connectivity index (χ1n) is 8.18. The molecule has 8 heteroatoms. The SMILES string of the molecule is Cc1cnc(NCCCn2cccn2)nc1C(C#N)=C1C=CC=C(Br)N1. The van der Waals surface area contributed by atoms with E-state index in [2.05, 4.69) is 47.7 Å². The van der Waals surface area contributed by atoms with Crippen LogP contribution in [0.1, 0.15) is 17.7 Å². The van der Waals surface area contributed by atoms with E-state index in [0.29, 0.717) is 29.5 Å². The van der Waals surface area contributed by atoms with Crippen molar-refractivity contribution >= 4 is 27.5 Å². The summed E-state index contributed by atoms with van der Waals surface area (Å²) in [5.74, 6) is 0.508. The van der Waals surface area contributed by atoms with Gasteiger partial charge in [-0.1, -0.05) is 6.08 Å². The molecule has 0 unspecified atom stereocenters. The van der Waals surface area contributed by atoms with Crippen LogP contribution in [0.15, 0.2) is 53.2 Å². The van der Waals surface area contributed by atoms with Crippen LogP contribution in [-0.4, -0.2) is 26.3 Å². The minimum atomic E-state index is 0.478. The van der Waals surface area contributed by atoms with Gasteiger partial charge in [-0.25, -0.2) is 9.97 Å². The highest BCUT2D eigenvalue weighted by Gasteiger charge is 2.15. The zero-order chi connectivity index (χ0) is 18.4. The number of aromatic nitrogens is 4. The maximum absolute atomic E-state index is 9.65. The van der Waals surface area contributed by atoms with Crippen LogP contribution in [0.3, 0.4) is 0 Å². The molecule has 1 aliphatic heterocycles. The third-order valence-corrected chi connectivity index (χ3v) is 4.22. The Morgan fingerprint density at radius 2 is 2.35 bits per heavy atom. The molecule has 2 N–H and O–H groups in total. The van der Waals surface area contributed by atoms with Crippen LogP contribution < -0.4 is 10.6 Å². The lowest BCUT2D eigenvalue weighted by molar-refractivity contribution is 0.591. The number of dihydropyridines is 1. The molecule has 3 rings (SSSR count). The van der Waals surface area contributed by atoms with E-state index in [1.54, 1.807) is 12.4 Å². The molecule has 0 atom stereocenters. The van der Waals surface area contributed by atoms with E-state index in [1.165, 1.54) is 0 Å². The Morgan fingerprint density at radius 3 is 3.08 bits per heavy atom. The third-order valence-electron chi connectivity index (χ3n) is 3.76. The Balaban J connectivity index is 1.73. The third kappa shape index (κ3) is 4.37. The minimum Gasteiger partial charge on any atom is -0.354 e. The smallest absolute Gasteiger partial charge is 0.223 e. The standard InChI is InChI=1S/C18H18BrN7/c1-13-12-22-18(21-7-3-9-26-10-4-8-23-26)25-17(13)14(11-20)15-5-2-6-16(19)24-15/h2,4-6,8,10,12,24H,3,7,9H2,1H3,(H,21,22,25). The Hall–Kier alpha value is -2.92. The van der Waals surface area contributed by atoms with Crippen LogP contribution in [0.4, 0.5) is 5.95 Å². The number of nitrogens with zero attached hydrogens (tertiary/aromatic N) is 5. The lowest BCUT2D eigenvalue weighted by Crippen LogP contribution is -2.14. The molecule has 26 heavy (non-hydrogen) atoms. The van der Waals surface area contributed by atoms with Crippen molar-refractivity contribution in [1.82, 2.24) is 25.1 Å². The second-order valence-electron chi connectivity index (χ2n) is 5.67. The summed E-state index contributed by atoms with van der Waals surface area (Å²) in [6.07, 6.45) is 11.9. The van der Waals surface area contributed by atoms with Gasteiger partial charge in [-0.2, -0.15) is 10.4 Å². The van der Waals surface area contributed by atoms with Crippen LogP contribution in [0.2, 0.25) is 0 Å².